The summed E-state index contributed by atoms with van der Waals surface area (Å²) < 4.78 is 0.984. The van der Waals surface area contributed by atoms with Gasteiger partial charge in [-0.15, -0.1) is 0 Å². The summed E-state index contributed by atoms with van der Waals surface area (Å²) in [6, 6.07) is 13.3. The zero-order chi connectivity index (χ0) is 17.6. The van der Waals surface area contributed by atoms with Gasteiger partial charge in [0, 0.05) is 42.5 Å². The van der Waals surface area contributed by atoms with Gasteiger partial charge in [0.1, 0.15) is 11.9 Å². The SMILES string of the molecule is N#Cc1ccc(N2CCN(CC(=O)Nc3ccc(Br)cc3)CC2)nc1. The molecule has 0 atom stereocenters. The van der Waals surface area contributed by atoms with Crippen LogP contribution in [0.15, 0.2) is 47.1 Å². The molecular formula is C18H18BrN5O. The standard InChI is InChI=1S/C18H18BrN5O/c19-15-2-4-16(5-3-15)22-18(25)13-23-7-9-24(10-8-23)17-6-1-14(11-20)12-21-17/h1-6,12H,7-10,13H2,(H,22,25). The third-order valence-corrected chi connectivity index (χ3v) is 4.60. The van der Waals surface area contributed by atoms with Gasteiger partial charge in [-0.1, -0.05) is 15.9 Å². The van der Waals surface area contributed by atoms with E-state index >= 15 is 0 Å². The van der Waals surface area contributed by atoms with Gasteiger partial charge in [0.25, 0.3) is 0 Å². The number of halogens is 1. The summed E-state index contributed by atoms with van der Waals surface area (Å²) in [4.78, 5) is 20.8. The van der Waals surface area contributed by atoms with Crippen LogP contribution in [-0.2, 0) is 4.79 Å². The number of nitrogens with one attached hydrogen (secondary N) is 1. The molecule has 0 radical (unpaired) electrons. The first kappa shape index (κ1) is 17.4. The molecule has 1 amide bonds. The Balaban J connectivity index is 1.47. The number of anilines is 2. The molecule has 0 bridgehead atoms. The highest BCUT2D eigenvalue weighted by Gasteiger charge is 2.19. The quantitative estimate of drug-likeness (QED) is 0.854. The highest BCUT2D eigenvalue weighted by Crippen LogP contribution is 2.15. The minimum absolute atomic E-state index is 0.00716. The maximum absolute atomic E-state index is 12.2. The van der Waals surface area contributed by atoms with Gasteiger partial charge in [0.05, 0.1) is 12.1 Å². The molecule has 2 aromatic rings. The van der Waals surface area contributed by atoms with Gasteiger partial charge in [-0.05, 0) is 36.4 Å². The number of carbonyl (C=O) groups excluding carboxylic acids is 1. The van der Waals surface area contributed by atoms with Gasteiger partial charge in [-0.3, -0.25) is 9.69 Å². The molecule has 1 aromatic heterocycles. The fraction of sp³-hybridized carbons (Fsp3) is 0.278. The lowest BCUT2D eigenvalue weighted by molar-refractivity contribution is -0.117. The van der Waals surface area contributed by atoms with Crippen molar-refractivity contribution in [2.24, 2.45) is 0 Å². The minimum Gasteiger partial charge on any atom is -0.354 e. The number of rotatable bonds is 4. The summed E-state index contributed by atoms with van der Waals surface area (Å²) >= 11 is 3.38. The van der Waals surface area contributed by atoms with Crippen LogP contribution in [0.3, 0.4) is 0 Å². The summed E-state index contributed by atoms with van der Waals surface area (Å²) in [5.74, 6) is 0.866. The van der Waals surface area contributed by atoms with Crippen molar-refractivity contribution < 1.29 is 4.79 Å². The zero-order valence-corrected chi connectivity index (χ0v) is 15.2. The molecule has 128 valence electrons. The molecule has 3 rings (SSSR count). The predicted molar refractivity (Wildman–Crippen MR) is 100 cm³/mol. The largest absolute Gasteiger partial charge is 0.354 e. The Morgan fingerprint density at radius 3 is 2.48 bits per heavy atom. The van der Waals surface area contributed by atoms with Crippen molar-refractivity contribution in [2.75, 3.05) is 42.9 Å². The van der Waals surface area contributed by atoms with E-state index in [4.69, 9.17) is 5.26 Å². The summed E-state index contributed by atoms with van der Waals surface area (Å²) in [5, 5.41) is 11.7. The Bertz CT molecular complexity index is 762. The van der Waals surface area contributed by atoms with Gasteiger partial charge in [-0.2, -0.15) is 5.26 Å². The number of nitriles is 1. The van der Waals surface area contributed by atoms with E-state index in [1.807, 2.05) is 30.3 Å². The summed E-state index contributed by atoms with van der Waals surface area (Å²) in [7, 11) is 0. The van der Waals surface area contributed by atoms with Crippen molar-refractivity contribution in [3.8, 4) is 6.07 Å². The molecule has 1 fully saturated rings. The fourth-order valence-corrected chi connectivity index (χ4v) is 2.98. The molecule has 7 heteroatoms. The third-order valence-electron chi connectivity index (χ3n) is 4.07. The van der Waals surface area contributed by atoms with E-state index in [0.717, 1.165) is 42.2 Å². The second-order valence-corrected chi connectivity index (χ2v) is 6.75. The van der Waals surface area contributed by atoms with Gasteiger partial charge in [0.15, 0.2) is 0 Å². The zero-order valence-electron chi connectivity index (χ0n) is 13.7. The van der Waals surface area contributed by atoms with E-state index in [0.29, 0.717) is 12.1 Å². The van der Waals surface area contributed by atoms with Crippen molar-refractivity contribution in [3.63, 3.8) is 0 Å². The van der Waals surface area contributed by atoms with Gasteiger partial charge < -0.3 is 10.2 Å². The van der Waals surface area contributed by atoms with Crippen LogP contribution in [0.25, 0.3) is 0 Å². The van der Waals surface area contributed by atoms with Crippen molar-refractivity contribution in [3.05, 3.63) is 52.6 Å². The summed E-state index contributed by atoms with van der Waals surface area (Å²) in [6.07, 6.45) is 1.59. The smallest absolute Gasteiger partial charge is 0.238 e. The summed E-state index contributed by atoms with van der Waals surface area (Å²) in [6.45, 7) is 3.60. The molecule has 1 saturated heterocycles. The first-order valence-corrected chi connectivity index (χ1v) is 8.82. The first-order valence-electron chi connectivity index (χ1n) is 8.03. The van der Waals surface area contributed by atoms with E-state index in [1.54, 1.807) is 12.3 Å². The number of benzene rings is 1. The second kappa shape index (κ2) is 8.10. The Morgan fingerprint density at radius 2 is 1.88 bits per heavy atom. The Hall–Kier alpha value is -2.43. The highest BCUT2D eigenvalue weighted by molar-refractivity contribution is 9.10. The molecule has 1 aliphatic heterocycles. The van der Waals surface area contributed by atoms with Gasteiger partial charge >= 0.3 is 0 Å². The number of piperazine rings is 1. The van der Waals surface area contributed by atoms with Crippen molar-refractivity contribution in [1.82, 2.24) is 9.88 Å². The third kappa shape index (κ3) is 4.78. The monoisotopic (exact) mass is 399 g/mol. The number of amides is 1. The molecule has 6 nitrogen and oxygen atoms in total. The van der Waals surface area contributed by atoms with Crippen LogP contribution in [0.5, 0.6) is 0 Å². The normalized spacial score (nSPS) is 14.8. The number of pyridine rings is 1. The maximum atomic E-state index is 12.2. The molecule has 0 spiro atoms. The summed E-state index contributed by atoms with van der Waals surface area (Å²) in [5.41, 5.74) is 1.36. The maximum Gasteiger partial charge on any atom is 0.238 e. The molecule has 0 aliphatic carbocycles. The Kier molecular flexibility index (Phi) is 5.64. The molecule has 0 unspecified atom stereocenters. The van der Waals surface area contributed by atoms with Crippen molar-refractivity contribution in [1.29, 1.82) is 5.26 Å². The minimum atomic E-state index is -0.00716. The van der Waals surface area contributed by atoms with Crippen LogP contribution in [-0.4, -0.2) is 48.5 Å². The van der Waals surface area contributed by atoms with Crippen LogP contribution < -0.4 is 10.2 Å². The molecule has 2 heterocycles. The van der Waals surface area contributed by atoms with Crippen molar-refractivity contribution >= 4 is 33.3 Å². The molecular weight excluding hydrogens is 382 g/mol. The topological polar surface area (TPSA) is 72.3 Å². The van der Waals surface area contributed by atoms with Crippen LogP contribution in [0.2, 0.25) is 0 Å². The fourth-order valence-electron chi connectivity index (χ4n) is 2.71. The van der Waals surface area contributed by atoms with E-state index in [9.17, 15) is 4.79 Å². The van der Waals surface area contributed by atoms with Gasteiger partial charge in [0.2, 0.25) is 5.91 Å². The average molecular weight is 400 g/mol. The highest BCUT2D eigenvalue weighted by atomic mass is 79.9. The molecule has 25 heavy (non-hydrogen) atoms. The Labute approximate surface area is 155 Å². The molecule has 1 aliphatic rings. The lowest BCUT2D eigenvalue weighted by Crippen LogP contribution is -2.48. The number of hydrogen-bond acceptors (Lipinski definition) is 5. The Morgan fingerprint density at radius 1 is 1.16 bits per heavy atom. The van der Waals surface area contributed by atoms with E-state index in [-0.39, 0.29) is 5.91 Å². The molecule has 1 N–H and O–H groups in total. The van der Waals surface area contributed by atoms with Crippen LogP contribution in [0.1, 0.15) is 5.56 Å². The number of hydrogen-bond donors (Lipinski definition) is 1. The van der Waals surface area contributed by atoms with Crippen molar-refractivity contribution in [2.45, 2.75) is 0 Å². The number of nitrogens with zero attached hydrogens (tertiary/aromatic N) is 4. The number of carbonyl (C=O) groups is 1. The van der Waals surface area contributed by atoms with E-state index in [1.165, 1.54) is 0 Å². The average Bonchev–Trinajstić information content (AvgIpc) is 2.64. The van der Waals surface area contributed by atoms with Crippen LogP contribution in [0.4, 0.5) is 11.5 Å². The molecule has 0 saturated carbocycles. The second-order valence-electron chi connectivity index (χ2n) is 5.84. The predicted octanol–water partition coefficient (Wildman–Crippen LogP) is 2.48. The lowest BCUT2D eigenvalue weighted by Gasteiger charge is -2.35. The first-order chi connectivity index (χ1) is 12.1. The van der Waals surface area contributed by atoms with E-state index < -0.39 is 0 Å². The van der Waals surface area contributed by atoms with Gasteiger partial charge in [-0.25, -0.2) is 4.98 Å². The number of aromatic nitrogens is 1. The van der Waals surface area contributed by atoms with Crippen LogP contribution in [0, 0.1) is 11.3 Å². The van der Waals surface area contributed by atoms with Crippen LogP contribution >= 0.6 is 15.9 Å². The lowest BCUT2D eigenvalue weighted by atomic mass is 10.2. The molecule has 1 aromatic carbocycles. The van der Waals surface area contributed by atoms with E-state index in [2.05, 4.69) is 42.1 Å².